The Balaban J connectivity index is 5.80. The smallest absolute Gasteiger partial charge is 0.206 e. The van der Waals surface area contributed by atoms with Crippen molar-refractivity contribution in [3.63, 3.8) is 0 Å². The van der Waals surface area contributed by atoms with Crippen molar-refractivity contribution in [1.82, 2.24) is 0 Å². The Hall–Kier alpha value is -1.61. The summed E-state index contributed by atoms with van der Waals surface area (Å²) < 4.78 is 24.5. The molecule has 0 aromatic heterocycles. The number of rotatable bonds is 6. The van der Waals surface area contributed by atoms with Crippen LogP contribution in [0.3, 0.4) is 0 Å². The van der Waals surface area contributed by atoms with Crippen molar-refractivity contribution in [2.45, 2.75) is 13.8 Å². The zero-order valence-corrected chi connectivity index (χ0v) is 11.1. The number of allylic oxidation sites excluding steroid dienone is 8. The number of sulfone groups is 1. The molecule has 0 rings (SSSR count). The third-order valence-electron chi connectivity index (χ3n) is 1.85. The van der Waals surface area contributed by atoms with Gasteiger partial charge in [0.25, 0.3) is 0 Å². The molecule has 0 saturated heterocycles. The van der Waals surface area contributed by atoms with Crippen LogP contribution in [0, 0.1) is 0 Å². The van der Waals surface area contributed by atoms with E-state index < -0.39 is 9.84 Å². The molecule has 17 heavy (non-hydrogen) atoms. The predicted octanol–water partition coefficient (Wildman–Crippen LogP) is 3.69. The summed E-state index contributed by atoms with van der Waals surface area (Å²) in [6.07, 6.45) is 12.3. The summed E-state index contributed by atoms with van der Waals surface area (Å²) in [5.74, 6) is 0. The lowest BCUT2D eigenvalue weighted by atomic mass is 10.4. The Kier molecular flexibility index (Phi) is 6.91. The van der Waals surface area contributed by atoms with Crippen LogP contribution in [0.2, 0.25) is 0 Å². The van der Waals surface area contributed by atoms with E-state index >= 15 is 0 Å². The van der Waals surface area contributed by atoms with Gasteiger partial charge in [-0.3, -0.25) is 0 Å². The van der Waals surface area contributed by atoms with Crippen LogP contribution in [0.4, 0.5) is 0 Å². The second-order valence-corrected chi connectivity index (χ2v) is 5.06. The highest BCUT2D eigenvalue weighted by Gasteiger charge is 2.18. The highest BCUT2D eigenvalue weighted by Crippen LogP contribution is 2.20. The van der Waals surface area contributed by atoms with Gasteiger partial charge in [-0.1, -0.05) is 37.5 Å². The Labute approximate surface area is 104 Å². The van der Waals surface area contributed by atoms with Crippen molar-refractivity contribution in [2.75, 3.05) is 0 Å². The average molecular weight is 250 g/mol. The maximum Gasteiger partial charge on any atom is 0.206 e. The van der Waals surface area contributed by atoms with Crippen LogP contribution in [-0.2, 0) is 9.84 Å². The van der Waals surface area contributed by atoms with Crippen molar-refractivity contribution in [3.05, 3.63) is 71.6 Å². The summed E-state index contributed by atoms with van der Waals surface area (Å²) >= 11 is 0. The van der Waals surface area contributed by atoms with Gasteiger partial charge in [0.2, 0.25) is 9.84 Å². The molecular formula is C14H18O2S. The molecule has 0 heterocycles. The molecule has 0 aromatic carbocycles. The molecule has 0 N–H and O–H groups in total. The minimum atomic E-state index is -3.51. The Bertz CT molecular complexity index is 446. The third kappa shape index (κ3) is 4.41. The normalized spacial score (nSPS) is 14.5. The zero-order valence-electron chi connectivity index (χ0n) is 10.3. The SMILES string of the molecule is C=C/C=C(\C=C/C)S(=O)(=O)C(/C=C\C)=C/C=C. The van der Waals surface area contributed by atoms with E-state index in [0.717, 1.165) is 0 Å². The van der Waals surface area contributed by atoms with E-state index in [0.29, 0.717) is 0 Å². The van der Waals surface area contributed by atoms with E-state index in [4.69, 9.17) is 0 Å². The first-order chi connectivity index (χ1) is 8.04. The van der Waals surface area contributed by atoms with Crippen molar-refractivity contribution in [2.24, 2.45) is 0 Å². The standard InChI is InChI=1S/C14H18O2S/c1-5-9-13(10-6-2)17(15,16)14(11-7-3)12-8-4/h5-12H,1,3H2,2,4H3/b10-6-,12-8-,13-9+,14-11+. The lowest BCUT2D eigenvalue weighted by molar-refractivity contribution is 0.609. The second-order valence-electron chi connectivity index (χ2n) is 3.11. The average Bonchev–Trinajstić information content (AvgIpc) is 2.28. The van der Waals surface area contributed by atoms with E-state index in [1.165, 1.54) is 36.5 Å². The fourth-order valence-electron chi connectivity index (χ4n) is 1.17. The van der Waals surface area contributed by atoms with Gasteiger partial charge in [-0.25, -0.2) is 8.42 Å². The topological polar surface area (TPSA) is 34.1 Å². The fourth-order valence-corrected chi connectivity index (χ4v) is 2.62. The minimum Gasteiger partial charge on any atom is -0.219 e. The highest BCUT2D eigenvalue weighted by atomic mass is 32.2. The Morgan fingerprint density at radius 2 is 1.24 bits per heavy atom. The molecule has 2 nitrogen and oxygen atoms in total. The molecule has 0 aliphatic rings. The molecule has 0 aromatic rings. The van der Waals surface area contributed by atoms with Crippen molar-refractivity contribution < 1.29 is 8.42 Å². The monoisotopic (exact) mass is 250 g/mol. The van der Waals surface area contributed by atoms with E-state index in [2.05, 4.69) is 13.2 Å². The molecule has 0 aliphatic heterocycles. The van der Waals surface area contributed by atoms with Gasteiger partial charge in [-0.15, -0.1) is 0 Å². The number of hydrogen-bond acceptors (Lipinski definition) is 2. The number of hydrogen-bond donors (Lipinski definition) is 0. The van der Waals surface area contributed by atoms with Crippen LogP contribution in [0.1, 0.15) is 13.8 Å². The van der Waals surface area contributed by atoms with Crippen LogP contribution in [-0.4, -0.2) is 8.42 Å². The van der Waals surface area contributed by atoms with E-state index in [1.807, 2.05) is 0 Å². The molecule has 0 fully saturated rings. The van der Waals surface area contributed by atoms with Gasteiger partial charge in [-0.05, 0) is 38.2 Å². The van der Waals surface area contributed by atoms with Gasteiger partial charge >= 0.3 is 0 Å². The lowest BCUT2D eigenvalue weighted by Gasteiger charge is -2.05. The van der Waals surface area contributed by atoms with Gasteiger partial charge in [0, 0.05) is 0 Å². The summed E-state index contributed by atoms with van der Waals surface area (Å²) in [6.45, 7) is 10.6. The molecule has 0 atom stereocenters. The van der Waals surface area contributed by atoms with Crippen LogP contribution >= 0.6 is 0 Å². The summed E-state index contributed by atoms with van der Waals surface area (Å²) in [6, 6.07) is 0. The maximum absolute atomic E-state index is 12.3. The van der Waals surface area contributed by atoms with Crippen molar-refractivity contribution in [3.8, 4) is 0 Å². The zero-order chi connectivity index (χ0) is 13.3. The molecule has 0 bridgehead atoms. The van der Waals surface area contributed by atoms with Crippen molar-refractivity contribution >= 4 is 9.84 Å². The van der Waals surface area contributed by atoms with Crippen LogP contribution in [0.15, 0.2) is 71.6 Å². The van der Waals surface area contributed by atoms with E-state index in [1.54, 1.807) is 26.0 Å². The maximum atomic E-state index is 12.3. The summed E-state index contributed by atoms with van der Waals surface area (Å²) in [7, 11) is -3.51. The first-order valence-corrected chi connectivity index (χ1v) is 6.68. The lowest BCUT2D eigenvalue weighted by Crippen LogP contribution is -2.04. The van der Waals surface area contributed by atoms with Crippen molar-refractivity contribution in [1.29, 1.82) is 0 Å². The summed E-state index contributed by atoms with van der Waals surface area (Å²) in [5.41, 5.74) is 0. The molecule has 0 amide bonds. The molecule has 3 heteroatoms. The summed E-state index contributed by atoms with van der Waals surface area (Å²) in [4.78, 5) is 0.419. The Morgan fingerprint density at radius 1 is 0.882 bits per heavy atom. The summed E-state index contributed by atoms with van der Waals surface area (Å²) in [5, 5.41) is 0. The molecule has 0 aliphatic carbocycles. The quantitative estimate of drug-likeness (QED) is 0.674. The molecule has 0 radical (unpaired) electrons. The molecular weight excluding hydrogens is 232 g/mol. The largest absolute Gasteiger partial charge is 0.219 e. The highest BCUT2D eigenvalue weighted by molar-refractivity contribution is 7.99. The second kappa shape index (κ2) is 7.63. The molecule has 0 unspecified atom stereocenters. The van der Waals surface area contributed by atoms with Gasteiger partial charge < -0.3 is 0 Å². The van der Waals surface area contributed by atoms with Crippen LogP contribution in [0.25, 0.3) is 0 Å². The van der Waals surface area contributed by atoms with E-state index in [-0.39, 0.29) is 9.81 Å². The van der Waals surface area contributed by atoms with Gasteiger partial charge in [0.05, 0.1) is 9.81 Å². The van der Waals surface area contributed by atoms with Gasteiger partial charge in [0.1, 0.15) is 0 Å². The fraction of sp³-hybridized carbons (Fsp3) is 0.143. The molecule has 92 valence electrons. The molecule has 0 spiro atoms. The van der Waals surface area contributed by atoms with Crippen LogP contribution < -0.4 is 0 Å². The first-order valence-electron chi connectivity index (χ1n) is 5.20. The van der Waals surface area contributed by atoms with Gasteiger partial charge in [0.15, 0.2) is 0 Å². The van der Waals surface area contributed by atoms with Crippen LogP contribution in [0.5, 0.6) is 0 Å². The first kappa shape index (κ1) is 15.4. The minimum absolute atomic E-state index is 0.209. The van der Waals surface area contributed by atoms with Gasteiger partial charge in [-0.2, -0.15) is 0 Å². The third-order valence-corrected chi connectivity index (χ3v) is 3.63. The Morgan fingerprint density at radius 3 is 1.47 bits per heavy atom. The predicted molar refractivity (Wildman–Crippen MR) is 75.1 cm³/mol. The molecule has 0 saturated carbocycles. The van der Waals surface area contributed by atoms with E-state index in [9.17, 15) is 8.42 Å².